The first-order chi connectivity index (χ1) is 9.09. The van der Waals surface area contributed by atoms with E-state index in [1.54, 1.807) is 0 Å². The van der Waals surface area contributed by atoms with Crippen molar-refractivity contribution in [3.8, 4) is 0 Å². The van der Waals surface area contributed by atoms with Gasteiger partial charge in [-0.05, 0) is 36.5 Å². The number of hydrogen-bond acceptors (Lipinski definition) is 3. The van der Waals surface area contributed by atoms with Crippen LogP contribution in [-0.2, 0) is 14.6 Å². The van der Waals surface area contributed by atoms with Crippen LogP contribution in [0.15, 0.2) is 24.3 Å². The van der Waals surface area contributed by atoms with E-state index in [0.717, 1.165) is 12.8 Å². The standard InChI is InChI=1S/C15H16O3S/c16-13-11-7-1-3-9(5-7)14(11)19(17,18)15-10-4-2-8(6-10)12(13)15/h1-4,7-12,14-15H,5-6H2. The number of sulfone groups is 1. The molecular formula is C15H16O3S. The second kappa shape index (κ2) is 3.05. The second-order valence-corrected chi connectivity index (χ2v) is 9.14. The van der Waals surface area contributed by atoms with Gasteiger partial charge in [0.2, 0.25) is 0 Å². The number of carbonyl (C=O) groups excluding carboxylic acids is 1. The fourth-order valence-corrected chi connectivity index (χ4v) is 8.83. The quantitative estimate of drug-likeness (QED) is 0.628. The van der Waals surface area contributed by atoms with Crippen LogP contribution < -0.4 is 0 Å². The van der Waals surface area contributed by atoms with Gasteiger partial charge in [0.25, 0.3) is 0 Å². The van der Waals surface area contributed by atoms with Crippen LogP contribution in [0.5, 0.6) is 0 Å². The van der Waals surface area contributed by atoms with E-state index in [1.807, 2.05) is 12.2 Å². The Morgan fingerprint density at radius 2 is 1.21 bits per heavy atom. The average molecular weight is 276 g/mol. The Morgan fingerprint density at radius 1 is 0.789 bits per heavy atom. The summed E-state index contributed by atoms with van der Waals surface area (Å²) < 4.78 is 26.0. The molecule has 19 heavy (non-hydrogen) atoms. The Hall–Kier alpha value is -0.900. The van der Waals surface area contributed by atoms with Crippen molar-refractivity contribution < 1.29 is 13.2 Å². The van der Waals surface area contributed by atoms with Crippen molar-refractivity contribution in [2.24, 2.45) is 35.5 Å². The summed E-state index contributed by atoms with van der Waals surface area (Å²) in [5.41, 5.74) is 0. The summed E-state index contributed by atoms with van der Waals surface area (Å²) in [6.07, 6.45) is 10.0. The molecule has 0 N–H and O–H groups in total. The maximum Gasteiger partial charge on any atom is 0.158 e. The van der Waals surface area contributed by atoms with Crippen LogP contribution in [0.4, 0.5) is 0 Å². The summed E-state index contributed by atoms with van der Waals surface area (Å²) in [5.74, 6) is 0.408. The van der Waals surface area contributed by atoms with Crippen molar-refractivity contribution in [1.29, 1.82) is 0 Å². The molecule has 1 aliphatic heterocycles. The summed E-state index contributed by atoms with van der Waals surface area (Å²) in [7, 11) is -3.16. The molecule has 4 bridgehead atoms. The van der Waals surface area contributed by atoms with Crippen LogP contribution in [0.1, 0.15) is 12.8 Å². The first kappa shape index (κ1) is 10.8. The molecule has 2 saturated carbocycles. The van der Waals surface area contributed by atoms with Gasteiger partial charge in [0.05, 0.1) is 10.5 Å². The van der Waals surface area contributed by atoms with E-state index in [0.29, 0.717) is 0 Å². The zero-order chi connectivity index (χ0) is 12.9. The molecule has 8 unspecified atom stereocenters. The van der Waals surface area contributed by atoms with E-state index >= 15 is 0 Å². The highest BCUT2D eigenvalue weighted by atomic mass is 32.2. The molecule has 8 atom stereocenters. The molecule has 0 aromatic carbocycles. The van der Waals surface area contributed by atoms with Gasteiger partial charge in [-0.3, -0.25) is 4.79 Å². The number of allylic oxidation sites excluding steroid dienone is 4. The normalized spacial score (nSPS) is 58.6. The van der Waals surface area contributed by atoms with Crippen molar-refractivity contribution >= 4 is 15.6 Å². The van der Waals surface area contributed by atoms with Crippen LogP contribution in [0.2, 0.25) is 0 Å². The molecule has 4 aliphatic carbocycles. The Labute approximate surface area is 112 Å². The third-order valence-electron chi connectivity index (χ3n) is 6.19. The number of ketones is 1. The highest BCUT2D eigenvalue weighted by molar-refractivity contribution is 7.92. The van der Waals surface area contributed by atoms with Gasteiger partial charge < -0.3 is 0 Å². The third-order valence-corrected chi connectivity index (χ3v) is 8.99. The highest BCUT2D eigenvalue weighted by Gasteiger charge is 2.67. The lowest BCUT2D eigenvalue weighted by atomic mass is 9.77. The van der Waals surface area contributed by atoms with Gasteiger partial charge in [0.15, 0.2) is 9.84 Å². The number of hydrogen-bond donors (Lipinski definition) is 0. The minimum atomic E-state index is -3.16. The topological polar surface area (TPSA) is 51.2 Å². The predicted molar refractivity (Wildman–Crippen MR) is 70.0 cm³/mol. The summed E-state index contributed by atoms with van der Waals surface area (Å²) in [6, 6.07) is 0. The minimum absolute atomic E-state index is 0.105. The maximum absolute atomic E-state index is 13.0. The molecule has 0 amide bonds. The van der Waals surface area contributed by atoms with Crippen LogP contribution in [0.3, 0.4) is 0 Å². The van der Waals surface area contributed by atoms with E-state index < -0.39 is 20.3 Å². The number of Topliss-reactive ketones (excluding diaryl/α,β-unsaturated/α-hetero) is 1. The molecule has 3 nitrogen and oxygen atoms in total. The average Bonchev–Trinajstić information content (AvgIpc) is 3.11. The van der Waals surface area contributed by atoms with Gasteiger partial charge >= 0.3 is 0 Å². The third kappa shape index (κ3) is 1.04. The molecule has 5 rings (SSSR count). The lowest BCUT2D eigenvalue weighted by Gasteiger charge is -2.41. The summed E-state index contributed by atoms with van der Waals surface area (Å²) in [4.78, 5) is 12.8. The number of carbonyl (C=O) groups is 1. The van der Waals surface area contributed by atoms with E-state index in [-0.39, 0.29) is 41.3 Å². The van der Waals surface area contributed by atoms with Gasteiger partial charge in [-0.15, -0.1) is 0 Å². The summed E-state index contributed by atoms with van der Waals surface area (Å²) >= 11 is 0. The van der Waals surface area contributed by atoms with Crippen molar-refractivity contribution in [2.45, 2.75) is 23.3 Å². The van der Waals surface area contributed by atoms with Gasteiger partial charge in [-0.25, -0.2) is 8.42 Å². The molecule has 0 radical (unpaired) electrons. The van der Waals surface area contributed by atoms with E-state index in [9.17, 15) is 13.2 Å². The number of fused-ring (bicyclic) bond motifs is 10. The predicted octanol–water partition coefficient (Wildman–Crippen LogP) is 1.37. The molecule has 1 saturated heterocycles. The molecule has 0 aromatic heterocycles. The monoisotopic (exact) mass is 276 g/mol. The van der Waals surface area contributed by atoms with Gasteiger partial charge in [-0.2, -0.15) is 0 Å². The lowest BCUT2D eigenvalue weighted by molar-refractivity contribution is -0.128. The Bertz CT molecular complexity index is 596. The van der Waals surface area contributed by atoms with Crippen molar-refractivity contribution in [1.82, 2.24) is 0 Å². The van der Waals surface area contributed by atoms with E-state index in [4.69, 9.17) is 0 Å². The van der Waals surface area contributed by atoms with Gasteiger partial charge in [0.1, 0.15) is 5.78 Å². The Kier molecular flexibility index (Phi) is 1.74. The molecule has 0 aromatic rings. The molecule has 5 aliphatic rings. The molecule has 0 spiro atoms. The van der Waals surface area contributed by atoms with Crippen molar-refractivity contribution in [2.75, 3.05) is 0 Å². The molecule has 100 valence electrons. The Morgan fingerprint density at radius 3 is 1.68 bits per heavy atom. The first-order valence-electron chi connectivity index (χ1n) is 7.22. The fraction of sp³-hybridized carbons (Fsp3) is 0.667. The van der Waals surface area contributed by atoms with Crippen LogP contribution in [0, 0.1) is 35.5 Å². The first-order valence-corrected chi connectivity index (χ1v) is 8.83. The summed E-state index contributed by atoms with van der Waals surface area (Å²) in [5, 5.41) is -0.798. The van der Waals surface area contributed by atoms with Crippen LogP contribution in [-0.4, -0.2) is 24.7 Å². The minimum Gasteiger partial charge on any atom is -0.299 e. The van der Waals surface area contributed by atoms with E-state index in [1.165, 1.54) is 0 Å². The SMILES string of the molecule is O=C1C2C3C=CC(C3)C2S(=O)(=O)C2C3C=CC(C3)C12. The van der Waals surface area contributed by atoms with Gasteiger partial charge in [0, 0.05) is 11.8 Å². The van der Waals surface area contributed by atoms with Crippen molar-refractivity contribution in [3.05, 3.63) is 24.3 Å². The van der Waals surface area contributed by atoms with Crippen molar-refractivity contribution in [3.63, 3.8) is 0 Å². The fourth-order valence-electron chi connectivity index (χ4n) is 5.60. The smallest absolute Gasteiger partial charge is 0.158 e. The number of rotatable bonds is 0. The Balaban J connectivity index is 1.72. The zero-order valence-electron chi connectivity index (χ0n) is 10.5. The van der Waals surface area contributed by atoms with E-state index in [2.05, 4.69) is 12.2 Å². The lowest BCUT2D eigenvalue weighted by Crippen LogP contribution is -2.55. The highest BCUT2D eigenvalue weighted by Crippen LogP contribution is 2.59. The second-order valence-electron chi connectivity index (χ2n) is 6.87. The molecule has 3 fully saturated rings. The molecule has 4 heteroatoms. The zero-order valence-corrected chi connectivity index (χ0v) is 11.3. The molecular weight excluding hydrogens is 260 g/mol. The maximum atomic E-state index is 13.0. The van der Waals surface area contributed by atoms with Crippen LogP contribution in [0.25, 0.3) is 0 Å². The molecule has 1 heterocycles. The largest absolute Gasteiger partial charge is 0.299 e. The summed E-state index contributed by atoms with van der Waals surface area (Å²) in [6.45, 7) is 0. The van der Waals surface area contributed by atoms with Crippen LogP contribution >= 0.6 is 0 Å². The van der Waals surface area contributed by atoms with Gasteiger partial charge in [-0.1, -0.05) is 24.3 Å².